The highest BCUT2D eigenvalue weighted by molar-refractivity contribution is 5.99. The first-order valence-electron chi connectivity index (χ1n) is 15.1. The molecular weight excluding hydrogens is 558 g/mol. The van der Waals surface area contributed by atoms with Crippen LogP contribution in [0.15, 0.2) is 77.7 Å². The second-order valence-corrected chi connectivity index (χ2v) is 13.0. The minimum absolute atomic E-state index is 0.0336. The van der Waals surface area contributed by atoms with E-state index in [2.05, 4.69) is 10.3 Å². The molecule has 2 saturated carbocycles. The van der Waals surface area contributed by atoms with Crippen molar-refractivity contribution < 1.29 is 29.0 Å². The summed E-state index contributed by atoms with van der Waals surface area (Å²) < 4.78 is 10.6. The number of pyridine rings is 1. The number of hydrogen-bond donors (Lipinski definition) is 3. The average Bonchev–Trinajstić information content (AvgIpc) is 3.58. The lowest BCUT2D eigenvalue weighted by atomic mass is 9.57. The zero-order valence-corrected chi connectivity index (χ0v) is 24.3. The third-order valence-electron chi connectivity index (χ3n) is 10.7. The molecule has 2 aromatic carbocycles. The van der Waals surface area contributed by atoms with Crippen LogP contribution in [-0.4, -0.2) is 63.3 Å². The maximum atomic E-state index is 14.1. The van der Waals surface area contributed by atoms with Crippen molar-refractivity contribution in [2.45, 2.75) is 55.2 Å². The molecule has 3 fully saturated rings. The predicted octanol–water partition coefficient (Wildman–Crippen LogP) is 4.36. The summed E-state index contributed by atoms with van der Waals surface area (Å²) in [4.78, 5) is 33.3. The van der Waals surface area contributed by atoms with Gasteiger partial charge in [-0.15, -0.1) is 0 Å². The van der Waals surface area contributed by atoms with Crippen molar-refractivity contribution in [3.05, 3.63) is 95.6 Å². The largest absolute Gasteiger partial charge is 0.504 e. The van der Waals surface area contributed by atoms with E-state index in [0.29, 0.717) is 55.5 Å². The van der Waals surface area contributed by atoms with Gasteiger partial charge in [-0.2, -0.15) is 0 Å². The van der Waals surface area contributed by atoms with Gasteiger partial charge in [-0.1, -0.05) is 12.1 Å². The van der Waals surface area contributed by atoms with Crippen LogP contribution in [0, 0.1) is 5.41 Å². The van der Waals surface area contributed by atoms with Crippen molar-refractivity contribution in [2.24, 2.45) is 5.41 Å². The highest BCUT2D eigenvalue weighted by atomic mass is 16.5. The molecule has 9 heteroatoms. The Kier molecular flexibility index (Phi) is 5.78. The predicted molar refractivity (Wildman–Crippen MR) is 162 cm³/mol. The van der Waals surface area contributed by atoms with Crippen molar-refractivity contribution in [3.63, 3.8) is 0 Å². The van der Waals surface area contributed by atoms with Crippen molar-refractivity contribution in [1.29, 1.82) is 0 Å². The quantitative estimate of drug-likeness (QED) is 0.295. The Morgan fingerprint density at radius 1 is 1.20 bits per heavy atom. The van der Waals surface area contributed by atoms with Crippen LogP contribution >= 0.6 is 0 Å². The Morgan fingerprint density at radius 3 is 2.91 bits per heavy atom. The number of phenols is 1. The minimum atomic E-state index is -1.30. The number of hydrogen-bond acceptors (Lipinski definition) is 7. The van der Waals surface area contributed by atoms with Gasteiger partial charge >= 0.3 is 0 Å². The van der Waals surface area contributed by atoms with Gasteiger partial charge in [0, 0.05) is 57.8 Å². The number of aromatic hydroxyl groups is 1. The van der Waals surface area contributed by atoms with E-state index in [-0.39, 0.29) is 29.0 Å². The third-order valence-corrected chi connectivity index (χ3v) is 10.7. The number of ether oxygens (including phenoxy) is 1. The molecular formula is C35H33N3O6. The molecule has 2 amide bonds. The van der Waals surface area contributed by atoms with Crippen molar-refractivity contribution in [1.82, 2.24) is 15.2 Å². The number of amides is 2. The summed E-state index contributed by atoms with van der Waals surface area (Å²) in [6.45, 7) is 0.516. The molecule has 0 radical (unpaired) electrons. The summed E-state index contributed by atoms with van der Waals surface area (Å²) in [5, 5.41) is 28.5. The molecule has 8 rings (SSSR count). The van der Waals surface area contributed by atoms with Gasteiger partial charge < -0.3 is 29.6 Å². The topological polar surface area (TPSA) is 125 Å². The smallest absolute Gasteiger partial charge is 0.254 e. The van der Waals surface area contributed by atoms with Crippen LogP contribution in [0.3, 0.4) is 0 Å². The highest BCUT2D eigenvalue weighted by Gasteiger charge is 2.79. The number of likely N-dealkylation sites (tertiary alicyclic amines) is 1. The van der Waals surface area contributed by atoms with E-state index in [1.807, 2.05) is 35.2 Å². The number of carbonyl (C=O) groups excluding carboxylic acids is 2. The number of aliphatic hydroxyl groups is 1. The number of rotatable bonds is 5. The number of carbonyl (C=O) groups is 2. The zero-order chi connectivity index (χ0) is 30.3. The Hall–Kier alpha value is -4.63. The number of furan rings is 1. The van der Waals surface area contributed by atoms with Gasteiger partial charge in [0.2, 0.25) is 5.91 Å². The first-order chi connectivity index (χ1) is 21.3. The van der Waals surface area contributed by atoms with Crippen LogP contribution in [-0.2, 0) is 16.6 Å². The number of nitrogens with one attached hydrogen (secondary N) is 1. The van der Waals surface area contributed by atoms with E-state index in [9.17, 15) is 19.8 Å². The van der Waals surface area contributed by atoms with Gasteiger partial charge in [0.1, 0.15) is 0 Å². The maximum absolute atomic E-state index is 14.1. The van der Waals surface area contributed by atoms with E-state index >= 15 is 0 Å². The Balaban J connectivity index is 1.16. The Bertz CT molecular complexity index is 1850. The first kappa shape index (κ1) is 27.0. The molecule has 1 aliphatic heterocycles. The van der Waals surface area contributed by atoms with Gasteiger partial charge in [0.25, 0.3) is 5.91 Å². The molecule has 4 aliphatic rings. The Labute approximate surface area is 254 Å². The number of aromatic nitrogens is 1. The van der Waals surface area contributed by atoms with Crippen molar-refractivity contribution >= 4 is 28.8 Å². The summed E-state index contributed by atoms with van der Waals surface area (Å²) in [6.07, 6.45) is 10.6. The molecule has 2 spiro atoms. The number of phenolic OH excluding ortho intramolecular Hbond substituents is 1. The van der Waals surface area contributed by atoms with Crippen LogP contribution in [0.5, 0.6) is 11.5 Å². The summed E-state index contributed by atoms with van der Waals surface area (Å²) >= 11 is 0. The number of nitrogens with zero attached hydrogens (tertiary/aromatic N) is 2. The highest BCUT2D eigenvalue weighted by Crippen LogP contribution is 2.73. The molecule has 5 unspecified atom stereocenters. The molecule has 2 aromatic heterocycles. The van der Waals surface area contributed by atoms with Gasteiger partial charge in [-0.05, 0) is 80.1 Å². The average molecular weight is 592 g/mol. The fraction of sp³-hybridized carbons (Fsp3) is 0.343. The standard InChI is InChI=1S/C35H33N3O6/c1-43-27-8-6-24-16-33-19-34(29(24)30(27)40)17-25(37-28(39)9-4-21-11-14-44-18-21)10-12-35(34,42)32(33)38(20-33)31(41)23-5-7-26-22(15-23)3-2-13-36-26/h2-9,11,13-15,18,25,32,40,42H,10,12,16-17,19-20H2,1H3,(H,37,39)/b9-4+. The van der Waals surface area contributed by atoms with Crippen molar-refractivity contribution in [2.75, 3.05) is 13.7 Å². The van der Waals surface area contributed by atoms with Crippen LogP contribution in [0.1, 0.15) is 52.7 Å². The van der Waals surface area contributed by atoms with Crippen LogP contribution in [0.2, 0.25) is 0 Å². The maximum Gasteiger partial charge on any atom is 0.254 e. The monoisotopic (exact) mass is 591 g/mol. The summed E-state index contributed by atoms with van der Waals surface area (Å²) in [5.41, 5.74) is 1.31. The normalized spacial score (nSPS) is 29.9. The molecule has 5 atom stereocenters. The van der Waals surface area contributed by atoms with E-state index in [4.69, 9.17) is 9.15 Å². The van der Waals surface area contributed by atoms with E-state index < -0.39 is 17.1 Å². The number of methoxy groups -OCH3 is 1. The Morgan fingerprint density at radius 2 is 2.09 bits per heavy atom. The molecule has 1 saturated heterocycles. The molecule has 3 N–H and O–H groups in total. The van der Waals surface area contributed by atoms with Crippen LogP contribution in [0.4, 0.5) is 0 Å². The van der Waals surface area contributed by atoms with E-state index in [0.717, 1.165) is 22.0 Å². The first-order valence-corrected chi connectivity index (χ1v) is 15.1. The lowest BCUT2D eigenvalue weighted by Crippen LogP contribution is -2.72. The SMILES string of the molecule is COc1ccc2c(c1O)C13CC(NC(=O)/C=C/c4ccoc4)CCC1(O)C1N(C(=O)c4ccc5ncccc5c4)CC1(C2)C3. The number of benzene rings is 2. The second kappa shape index (κ2) is 9.43. The fourth-order valence-electron chi connectivity index (χ4n) is 9.15. The molecule has 3 aliphatic carbocycles. The molecule has 4 aromatic rings. The van der Waals surface area contributed by atoms with Gasteiger partial charge in [-0.3, -0.25) is 14.6 Å². The van der Waals surface area contributed by atoms with Crippen LogP contribution < -0.4 is 10.1 Å². The van der Waals surface area contributed by atoms with Crippen molar-refractivity contribution in [3.8, 4) is 11.5 Å². The van der Waals surface area contributed by atoms with Gasteiger partial charge in [0.15, 0.2) is 11.5 Å². The second-order valence-electron chi connectivity index (χ2n) is 13.0. The molecule has 9 nitrogen and oxygen atoms in total. The summed E-state index contributed by atoms with van der Waals surface area (Å²) in [5.74, 6) is 0.0317. The minimum Gasteiger partial charge on any atom is -0.504 e. The fourth-order valence-corrected chi connectivity index (χ4v) is 9.15. The zero-order valence-electron chi connectivity index (χ0n) is 24.3. The molecule has 2 bridgehead atoms. The molecule has 44 heavy (non-hydrogen) atoms. The summed E-state index contributed by atoms with van der Waals surface area (Å²) in [7, 11) is 1.52. The number of fused-ring (bicyclic) bond motifs is 3. The van der Waals surface area contributed by atoms with Gasteiger partial charge in [0.05, 0.1) is 36.8 Å². The molecule has 224 valence electrons. The van der Waals surface area contributed by atoms with Crippen LogP contribution in [0.25, 0.3) is 17.0 Å². The van der Waals surface area contributed by atoms with E-state index in [1.165, 1.54) is 13.2 Å². The lowest BCUT2D eigenvalue weighted by Gasteiger charge is -2.58. The molecule has 3 heterocycles. The van der Waals surface area contributed by atoms with Gasteiger partial charge in [-0.25, -0.2) is 0 Å². The third kappa shape index (κ3) is 3.65. The van der Waals surface area contributed by atoms with E-state index in [1.54, 1.807) is 43.0 Å². The lowest BCUT2D eigenvalue weighted by molar-refractivity contribution is -0.141. The summed E-state index contributed by atoms with van der Waals surface area (Å²) in [6, 6.07) is 14.2.